The fourth-order valence-electron chi connectivity index (χ4n) is 0.844. The van der Waals surface area contributed by atoms with E-state index in [0.29, 0.717) is 6.42 Å². The van der Waals surface area contributed by atoms with Crippen molar-refractivity contribution in [2.45, 2.75) is 24.2 Å². The summed E-state index contributed by atoms with van der Waals surface area (Å²) in [6, 6.07) is 0. The zero-order valence-electron chi connectivity index (χ0n) is 4.83. The molecule has 0 aromatic carbocycles. The fraction of sp³-hybridized carbons (Fsp3) is 1.00. The molecule has 9 heavy (non-hydrogen) atoms. The van der Waals surface area contributed by atoms with Crippen LogP contribution < -0.4 is 0 Å². The minimum Gasteiger partial charge on any atom is -0.394 e. The molecule has 3 atom stereocenters. The van der Waals surface area contributed by atoms with Crippen molar-refractivity contribution >= 4 is 11.6 Å². The molecule has 1 aliphatic rings. The van der Waals surface area contributed by atoms with Crippen molar-refractivity contribution in [1.82, 2.24) is 0 Å². The van der Waals surface area contributed by atoms with Gasteiger partial charge in [-0.25, -0.2) is 0 Å². The molecule has 0 saturated carbocycles. The van der Waals surface area contributed by atoms with Crippen LogP contribution in [0.1, 0.15) is 6.42 Å². The summed E-state index contributed by atoms with van der Waals surface area (Å²) in [4.78, 5) is 0. The first kappa shape index (κ1) is 7.28. The van der Waals surface area contributed by atoms with Crippen molar-refractivity contribution in [2.24, 2.45) is 0 Å². The van der Waals surface area contributed by atoms with Gasteiger partial charge in [-0.1, -0.05) is 0 Å². The molecule has 54 valence electrons. The molecule has 3 unspecified atom stereocenters. The Balaban J connectivity index is 2.38. The topological polar surface area (TPSA) is 49.7 Å². The van der Waals surface area contributed by atoms with Crippen LogP contribution in [-0.4, -0.2) is 34.6 Å². The second kappa shape index (κ2) is 2.84. The van der Waals surface area contributed by atoms with Crippen LogP contribution in [-0.2, 0) is 4.74 Å². The Morgan fingerprint density at radius 3 is 2.56 bits per heavy atom. The van der Waals surface area contributed by atoms with Gasteiger partial charge in [0.25, 0.3) is 0 Å². The highest BCUT2D eigenvalue weighted by molar-refractivity contribution is 6.21. The third kappa shape index (κ3) is 1.55. The average molecular weight is 153 g/mol. The second-order valence-corrected chi connectivity index (χ2v) is 2.62. The van der Waals surface area contributed by atoms with Gasteiger partial charge >= 0.3 is 0 Å². The van der Waals surface area contributed by atoms with Crippen molar-refractivity contribution in [2.75, 3.05) is 6.61 Å². The summed E-state index contributed by atoms with van der Waals surface area (Å²) < 4.78 is 4.80. The average Bonchev–Trinajstić information content (AvgIpc) is 2.10. The van der Waals surface area contributed by atoms with E-state index < -0.39 is 6.29 Å². The van der Waals surface area contributed by atoms with Gasteiger partial charge in [0.15, 0.2) is 6.29 Å². The van der Waals surface area contributed by atoms with Crippen molar-refractivity contribution in [3.05, 3.63) is 0 Å². The molecule has 0 aromatic heterocycles. The van der Waals surface area contributed by atoms with Crippen LogP contribution >= 0.6 is 11.6 Å². The van der Waals surface area contributed by atoms with E-state index in [0.717, 1.165) is 0 Å². The van der Waals surface area contributed by atoms with Gasteiger partial charge in [-0.05, 0) is 0 Å². The number of aliphatic hydroxyl groups excluding tert-OH is 2. The summed E-state index contributed by atoms with van der Waals surface area (Å²) in [5, 5.41) is 17.1. The predicted molar refractivity (Wildman–Crippen MR) is 32.2 cm³/mol. The molecular weight excluding hydrogens is 144 g/mol. The molecule has 4 heteroatoms. The number of hydrogen-bond acceptors (Lipinski definition) is 3. The molecule has 1 rings (SSSR count). The zero-order valence-corrected chi connectivity index (χ0v) is 5.58. The summed E-state index contributed by atoms with van der Waals surface area (Å²) in [5.41, 5.74) is 0. The monoisotopic (exact) mass is 152 g/mol. The summed E-state index contributed by atoms with van der Waals surface area (Å²) in [5.74, 6) is 0. The maximum atomic E-state index is 8.78. The lowest BCUT2D eigenvalue weighted by Gasteiger charge is -2.07. The second-order valence-electron chi connectivity index (χ2n) is 2.06. The standard InChI is InChI=1S/C5H9ClO3/c6-3-1-5(8)9-4(3)2-7/h3-5,7-8H,1-2H2. The van der Waals surface area contributed by atoms with Crippen molar-refractivity contribution in [1.29, 1.82) is 0 Å². The summed E-state index contributed by atoms with van der Waals surface area (Å²) >= 11 is 5.63. The lowest BCUT2D eigenvalue weighted by atomic mass is 10.2. The van der Waals surface area contributed by atoms with Crippen molar-refractivity contribution in [3.63, 3.8) is 0 Å². The van der Waals surface area contributed by atoms with E-state index in [-0.39, 0.29) is 18.1 Å². The number of halogens is 1. The van der Waals surface area contributed by atoms with Gasteiger partial charge in [0.05, 0.1) is 12.0 Å². The number of ether oxygens (including phenoxy) is 1. The normalized spacial score (nSPS) is 43.7. The first-order valence-corrected chi connectivity index (χ1v) is 3.26. The van der Waals surface area contributed by atoms with Crippen LogP contribution in [0.5, 0.6) is 0 Å². The minimum absolute atomic E-state index is 0.120. The van der Waals surface area contributed by atoms with Gasteiger partial charge in [0.2, 0.25) is 0 Å². The van der Waals surface area contributed by atoms with E-state index in [1.807, 2.05) is 0 Å². The van der Waals surface area contributed by atoms with Gasteiger partial charge in [-0.15, -0.1) is 11.6 Å². The van der Waals surface area contributed by atoms with E-state index in [1.165, 1.54) is 0 Å². The smallest absolute Gasteiger partial charge is 0.156 e. The molecule has 0 bridgehead atoms. The quantitative estimate of drug-likeness (QED) is 0.507. The third-order valence-electron chi connectivity index (χ3n) is 1.34. The van der Waals surface area contributed by atoms with Crippen molar-refractivity contribution < 1.29 is 14.9 Å². The molecule has 0 aromatic rings. The summed E-state index contributed by atoms with van der Waals surface area (Å²) in [7, 11) is 0. The summed E-state index contributed by atoms with van der Waals surface area (Å²) in [6.45, 7) is -0.120. The van der Waals surface area contributed by atoms with Gasteiger partial charge in [-0.2, -0.15) is 0 Å². The zero-order chi connectivity index (χ0) is 6.85. The molecule has 0 radical (unpaired) electrons. The molecule has 3 nitrogen and oxygen atoms in total. The molecule has 1 fully saturated rings. The number of rotatable bonds is 1. The molecule has 0 amide bonds. The Morgan fingerprint density at radius 2 is 2.33 bits per heavy atom. The van der Waals surface area contributed by atoms with Gasteiger partial charge in [0, 0.05) is 6.42 Å². The Labute approximate surface area is 58.2 Å². The molecule has 1 heterocycles. The number of hydrogen-bond donors (Lipinski definition) is 2. The Morgan fingerprint density at radius 1 is 1.67 bits per heavy atom. The lowest BCUT2D eigenvalue weighted by molar-refractivity contribution is -0.101. The highest BCUT2D eigenvalue weighted by Crippen LogP contribution is 2.22. The van der Waals surface area contributed by atoms with Crippen LogP contribution in [0.3, 0.4) is 0 Å². The Bertz CT molecular complexity index is 98.2. The van der Waals surface area contributed by atoms with Gasteiger partial charge < -0.3 is 14.9 Å². The number of alkyl halides is 1. The molecule has 0 aliphatic carbocycles. The van der Waals surface area contributed by atoms with Gasteiger partial charge in [0.1, 0.15) is 6.10 Å². The third-order valence-corrected chi connectivity index (χ3v) is 1.80. The molecular formula is C5H9ClO3. The van der Waals surface area contributed by atoms with E-state index in [2.05, 4.69) is 0 Å². The Kier molecular flexibility index (Phi) is 2.29. The fourth-order valence-corrected chi connectivity index (χ4v) is 1.14. The van der Waals surface area contributed by atoms with Crippen LogP contribution in [0.15, 0.2) is 0 Å². The first-order chi connectivity index (χ1) is 4.24. The predicted octanol–water partition coefficient (Wildman–Crippen LogP) is -0.307. The highest BCUT2D eigenvalue weighted by Gasteiger charge is 2.31. The Hall–Kier alpha value is 0.170. The molecule has 1 saturated heterocycles. The lowest BCUT2D eigenvalue weighted by Crippen LogP contribution is -2.20. The maximum Gasteiger partial charge on any atom is 0.156 e. The van der Waals surface area contributed by atoms with Gasteiger partial charge in [-0.3, -0.25) is 0 Å². The molecule has 0 spiro atoms. The SMILES string of the molecule is OCC1OC(O)CC1Cl. The van der Waals surface area contributed by atoms with Crippen LogP contribution in [0.4, 0.5) is 0 Å². The minimum atomic E-state index is -0.787. The summed E-state index contributed by atoms with van der Waals surface area (Å²) in [6.07, 6.45) is -0.765. The molecule has 1 aliphatic heterocycles. The maximum absolute atomic E-state index is 8.78. The molecule has 2 N–H and O–H groups in total. The van der Waals surface area contributed by atoms with E-state index in [4.69, 9.17) is 26.6 Å². The highest BCUT2D eigenvalue weighted by atomic mass is 35.5. The van der Waals surface area contributed by atoms with Crippen LogP contribution in [0.2, 0.25) is 0 Å². The van der Waals surface area contributed by atoms with E-state index >= 15 is 0 Å². The number of aliphatic hydroxyl groups is 2. The van der Waals surface area contributed by atoms with E-state index in [9.17, 15) is 0 Å². The van der Waals surface area contributed by atoms with E-state index in [1.54, 1.807) is 0 Å². The van der Waals surface area contributed by atoms with Crippen LogP contribution in [0.25, 0.3) is 0 Å². The van der Waals surface area contributed by atoms with Crippen molar-refractivity contribution in [3.8, 4) is 0 Å². The van der Waals surface area contributed by atoms with Crippen LogP contribution in [0, 0.1) is 0 Å². The largest absolute Gasteiger partial charge is 0.394 e. The first-order valence-electron chi connectivity index (χ1n) is 2.82.